The van der Waals surface area contributed by atoms with Crippen LogP contribution in [0, 0.1) is 0 Å². The largest absolute Gasteiger partial charge is 0.334 e. The molecule has 1 aromatic carbocycles. The average molecular weight is 347 g/mol. The number of rotatable bonds is 5. The molecule has 112 valence electrons. The minimum Gasteiger partial charge on any atom is -0.263 e. The second-order valence-electron chi connectivity index (χ2n) is 4.21. The maximum Gasteiger partial charge on any atom is 0.334 e. The average Bonchev–Trinajstić information content (AvgIpc) is 2.66. The number of thioether (sulfide) groups is 1. The molecule has 1 fully saturated rings. The summed E-state index contributed by atoms with van der Waals surface area (Å²) in [5, 5.41) is 1.11. The van der Waals surface area contributed by atoms with Crippen LogP contribution in [-0.4, -0.2) is 46.5 Å². The summed E-state index contributed by atoms with van der Waals surface area (Å²) in [6.07, 6.45) is 0. The van der Waals surface area contributed by atoms with Crippen LogP contribution in [0.4, 0.5) is 4.79 Å². The monoisotopic (exact) mass is 346 g/mol. The van der Waals surface area contributed by atoms with Crippen LogP contribution in [0.15, 0.2) is 23.1 Å². The van der Waals surface area contributed by atoms with Crippen molar-refractivity contribution in [2.75, 3.05) is 18.8 Å². The van der Waals surface area contributed by atoms with Crippen molar-refractivity contribution in [1.82, 2.24) is 9.80 Å². The highest BCUT2D eigenvalue weighted by molar-refractivity contribution is 7.99. The summed E-state index contributed by atoms with van der Waals surface area (Å²) in [6.45, 7) is 1.98. The topological polar surface area (TPSA) is 57.7 Å². The van der Waals surface area contributed by atoms with Crippen molar-refractivity contribution in [3.05, 3.63) is 28.2 Å². The standard InChI is InChI=1S/C13H12Cl2N2O3S/c1-2-16-11(18)12(19)17(13(16)20)5-6-21-10-7-8(14)3-4-9(10)15/h3-4,7H,2,5-6H2,1H3. The lowest BCUT2D eigenvalue weighted by Crippen LogP contribution is -2.34. The smallest absolute Gasteiger partial charge is 0.263 e. The molecule has 0 bridgehead atoms. The van der Waals surface area contributed by atoms with E-state index in [0.29, 0.717) is 15.8 Å². The Bertz CT molecular complexity index is 609. The van der Waals surface area contributed by atoms with Gasteiger partial charge in [-0.25, -0.2) is 4.79 Å². The first-order chi connectivity index (χ1) is 9.95. The van der Waals surface area contributed by atoms with Crippen LogP contribution in [0.3, 0.4) is 0 Å². The highest BCUT2D eigenvalue weighted by atomic mass is 35.5. The lowest BCUT2D eigenvalue weighted by atomic mass is 10.4. The fourth-order valence-corrected chi connectivity index (χ4v) is 3.29. The van der Waals surface area contributed by atoms with E-state index in [9.17, 15) is 14.4 Å². The molecule has 1 aliphatic heterocycles. The lowest BCUT2D eigenvalue weighted by molar-refractivity contribution is -0.143. The summed E-state index contributed by atoms with van der Waals surface area (Å²) in [7, 11) is 0. The van der Waals surface area contributed by atoms with Gasteiger partial charge in [-0.15, -0.1) is 11.8 Å². The lowest BCUT2D eigenvalue weighted by Gasteiger charge is -2.14. The summed E-state index contributed by atoms with van der Waals surface area (Å²) in [4.78, 5) is 37.8. The molecule has 0 radical (unpaired) electrons. The fraction of sp³-hybridized carbons (Fsp3) is 0.308. The molecule has 0 spiro atoms. The van der Waals surface area contributed by atoms with Crippen molar-refractivity contribution < 1.29 is 14.4 Å². The molecule has 0 aliphatic carbocycles. The SMILES string of the molecule is CCN1C(=O)C(=O)N(CCSc2cc(Cl)ccc2Cl)C1=O. The second-order valence-corrected chi connectivity index (χ2v) is 6.19. The number of carbonyl (C=O) groups is 3. The number of hydrogen-bond donors (Lipinski definition) is 0. The maximum atomic E-state index is 11.9. The van der Waals surface area contributed by atoms with Crippen molar-refractivity contribution in [1.29, 1.82) is 0 Å². The number of hydrogen-bond acceptors (Lipinski definition) is 4. The Morgan fingerprint density at radius 3 is 2.38 bits per heavy atom. The number of nitrogens with zero attached hydrogens (tertiary/aromatic N) is 2. The van der Waals surface area contributed by atoms with Gasteiger partial charge in [0.05, 0.1) is 5.02 Å². The zero-order valence-corrected chi connectivity index (χ0v) is 13.5. The van der Waals surface area contributed by atoms with E-state index < -0.39 is 17.8 Å². The van der Waals surface area contributed by atoms with Crippen LogP contribution in [0.25, 0.3) is 0 Å². The molecule has 5 nitrogen and oxygen atoms in total. The van der Waals surface area contributed by atoms with Gasteiger partial charge in [-0.05, 0) is 25.1 Å². The Balaban J connectivity index is 1.97. The number of halogens is 2. The second kappa shape index (κ2) is 6.68. The van der Waals surface area contributed by atoms with E-state index in [1.807, 2.05) is 0 Å². The molecule has 2 rings (SSSR count). The van der Waals surface area contributed by atoms with E-state index in [2.05, 4.69) is 0 Å². The van der Waals surface area contributed by atoms with E-state index in [0.717, 1.165) is 14.7 Å². The van der Waals surface area contributed by atoms with Crippen LogP contribution >= 0.6 is 35.0 Å². The predicted molar refractivity (Wildman–Crippen MR) is 81.7 cm³/mol. The van der Waals surface area contributed by atoms with E-state index in [1.165, 1.54) is 11.8 Å². The third-order valence-corrected chi connectivity index (χ3v) is 4.63. The molecule has 0 N–H and O–H groups in total. The van der Waals surface area contributed by atoms with Gasteiger partial charge in [0.1, 0.15) is 0 Å². The summed E-state index contributed by atoms with van der Waals surface area (Å²) in [5.74, 6) is -1.12. The first-order valence-electron chi connectivity index (χ1n) is 6.21. The van der Waals surface area contributed by atoms with E-state index in [4.69, 9.17) is 23.2 Å². The first kappa shape index (κ1) is 16.1. The Kier molecular flexibility index (Phi) is 5.13. The van der Waals surface area contributed by atoms with E-state index in [-0.39, 0.29) is 13.1 Å². The Labute approximate surface area is 136 Å². The van der Waals surface area contributed by atoms with Gasteiger partial charge >= 0.3 is 17.8 Å². The van der Waals surface area contributed by atoms with Gasteiger partial charge in [-0.1, -0.05) is 23.2 Å². The molecule has 1 saturated heterocycles. The van der Waals surface area contributed by atoms with Crippen molar-refractivity contribution >= 4 is 52.8 Å². The van der Waals surface area contributed by atoms with Gasteiger partial charge in [0, 0.05) is 28.8 Å². The number of carbonyl (C=O) groups excluding carboxylic acids is 3. The molecule has 8 heteroatoms. The van der Waals surface area contributed by atoms with Crippen LogP contribution in [0.1, 0.15) is 6.92 Å². The maximum absolute atomic E-state index is 11.9. The minimum absolute atomic E-state index is 0.146. The summed E-state index contributed by atoms with van der Waals surface area (Å²) in [6, 6.07) is 4.51. The molecule has 1 aromatic rings. The van der Waals surface area contributed by atoms with Gasteiger partial charge in [0.25, 0.3) is 0 Å². The zero-order valence-electron chi connectivity index (χ0n) is 11.1. The quantitative estimate of drug-likeness (QED) is 0.467. The number of benzene rings is 1. The summed E-state index contributed by atoms with van der Waals surface area (Å²) in [5.41, 5.74) is 0. The molecule has 4 amide bonds. The zero-order chi connectivity index (χ0) is 15.6. The van der Waals surface area contributed by atoms with Crippen LogP contribution in [-0.2, 0) is 9.59 Å². The Morgan fingerprint density at radius 1 is 1.10 bits per heavy atom. The number of urea groups is 1. The molecule has 0 aromatic heterocycles. The van der Waals surface area contributed by atoms with E-state index in [1.54, 1.807) is 25.1 Å². The molecule has 0 saturated carbocycles. The van der Waals surface area contributed by atoms with Gasteiger partial charge in [0.15, 0.2) is 0 Å². The van der Waals surface area contributed by atoms with Crippen LogP contribution in [0.5, 0.6) is 0 Å². The Hall–Kier alpha value is -1.24. The molecule has 1 heterocycles. The molecule has 0 unspecified atom stereocenters. The fourth-order valence-electron chi connectivity index (χ4n) is 1.86. The molecule has 1 aliphatic rings. The van der Waals surface area contributed by atoms with Crippen molar-refractivity contribution in [3.8, 4) is 0 Å². The number of amides is 4. The van der Waals surface area contributed by atoms with Crippen LogP contribution < -0.4 is 0 Å². The molecule has 21 heavy (non-hydrogen) atoms. The van der Waals surface area contributed by atoms with Crippen molar-refractivity contribution in [2.24, 2.45) is 0 Å². The Morgan fingerprint density at radius 2 is 1.76 bits per heavy atom. The highest BCUT2D eigenvalue weighted by Crippen LogP contribution is 2.30. The summed E-state index contributed by atoms with van der Waals surface area (Å²) >= 11 is 13.3. The third kappa shape index (κ3) is 3.33. The third-order valence-electron chi connectivity index (χ3n) is 2.92. The van der Waals surface area contributed by atoms with Crippen molar-refractivity contribution in [3.63, 3.8) is 0 Å². The summed E-state index contributed by atoms with van der Waals surface area (Å²) < 4.78 is 0. The van der Waals surface area contributed by atoms with Gasteiger partial charge < -0.3 is 0 Å². The van der Waals surface area contributed by atoms with Gasteiger partial charge in [-0.2, -0.15) is 0 Å². The predicted octanol–water partition coefficient (Wildman–Crippen LogP) is 2.90. The number of likely N-dealkylation sites (N-methyl/N-ethyl adjacent to an activating group) is 1. The van der Waals surface area contributed by atoms with E-state index >= 15 is 0 Å². The number of imide groups is 2. The van der Waals surface area contributed by atoms with Gasteiger partial charge in [0.2, 0.25) is 0 Å². The van der Waals surface area contributed by atoms with Crippen molar-refractivity contribution in [2.45, 2.75) is 11.8 Å². The van der Waals surface area contributed by atoms with Gasteiger partial charge in [-0.3, -0.25) is 19.4 Å². The molecular weight excluding hydrogens is 335 g/mol. The van der Waals surface area contributed by atoms with Crippen LogP contribution in [0.2, 0.25) is 10.0 Å². The minimum atomic E-state index is -0.778. The molecule has 0 atom stereocenters. The first-order valence-corrected chi connectivity index (χ1v) is 7.95. The normalized spacial score (nSPS) is 15.3. The molecular formula is C13H12Cl2N2O3S. The highest BCUT2D eigenvalue weighted by Gasteiger charge is 2.43.